The van der Waals surface area contributed by atoms with Gasteiger partial charge in [0, 0.05) is 23.5 Å². The van der Waals surface area contributed by atoms with Gasteiger partial charge >= 0.3 is 0 Å². The maximum atomic E-state index is 11.5. The third kappa shape index (κ3) is 1.86. The average molecular weight is 214 g/mol. The summed E-state index contributed by atoms with van der Waals surface area (Å²) in [4.78, 5) is 22.6. The van der Waals surface area contributed by atoms with Crippen LogP contribution in [0.4, 0.5) is 0 Å². The molecule has 0 radical (unpaired) electrons. The highest BCUT2D eigenvalue weighted by Gasteiger charge is 2.03. The standard InChI is InChI=1S/C12H10N2O2/c13-12(16)9-4-3-5-10(8-9)14-7-2-1-6-11(14)15/h1-8H,(H2,13,16). The van der Waals surface area contributed by atoms with Crippen LogP contribution in [0.25, 0.3) is 5.69 Å². The molecule has 0 bridgehead atoms. The minimum absolute atomic E-state index is 0.149. The molecular weight excluding hydrogens is 204 g/mol. The van der Waals surface area contributed by atoms with E-state index < -0.39 is 5.91 Å². The van der Waals surface area contributed by atoms with Crippen LogP contribution < -0.4 is 11.3 Å². The molecule has 1 amide bonds. The molecule has 1 aromatic heterocycles. The summed E-state index contributed by atoms with van der Waals surface area (Å²) >= 11 is 0. The molecule has 0 fully saturated rings. The summed E-state index contributed by atoms with van der Waals surface area (Å²) in [6.07, 6.45) is 1.64. The molecule has 1 heterocycles. The Morgan fingerprint density at radius 2 is 1.94 bits per heavy atom. The minimum atomic E-state index is -0.508. The summed E-state index contributed by atoms with van der Waals surface area (Å²) in [7, 11) is 0. The number of benzene rings is 1. The number of carbonyl (C=O) groups excluding carboxylic acids is 1. The van der Waals surface area contributed by atoms with Gasteiger partial charge in [-0.05, 0) is 24.3 Å². The molecule has 16 heavy (non-hydrogen) atoms. The Kier molecular flexibility index (Phi) is 2.55. The number of nitrogens with two attached hydrogens (primary N) is 1. The van der Waals surface area contributed by atoms with E-state index in [1.807, 2.05) is 0 Å². The maximum absolute atomic E-state index is 11.5. The fraction of sp³-hybridized carbons (Fsp3) is 0. The molecule has 4 heteroatoms. The third-order valence-electron chi connectivity index (χ3n) is 2.23. The van der Waals surface area contributed by atoms with E-state index in [-0.39, 0.29) is 5.56 Å². The molecule has 0 spiro atoms. The summed E-state index contributed by atoms with van der Waals surface area (Å²) in [5.41, 5.74) is 6.03. The number of hydrogen-bond donors (Lipinski definition) is 1. The van der Waals surface area contributed by atoms with Crippen molar-refractivity contribution in [2.24, 2.45) is 5.73 Å². The summed E-state index contributed by atoms with van der Waals surface area (Å²) in [6, 6.07) is 11.5. The van der Waals surface area contributed by atoms with Gasteiger partial charge in [-0.25, -0.2) is 0 Å². The highest BCUT2D eigenvalue weighted by Crippen LogP contribution is 2.07. The van der Waals surface area contributed by atoms with Crippen LogP contribution in [0.2, 0.25) is 0 Å². The second kappa shape index (κ2) is 4.02. The van der Waals surface area contributed by atoms with Crippen molar-refractivity contribution < 1.29 is 4.79 Å². The summed E-state index contributed by atoms with van der Waals surface area (Å²) < 4.78 is 1.45. The molecule has 1 aromatic carbocycles. The van der Waals surface area contributed by atoms with Crippen LogP contribution >= 0.6 is 0 Å². The van der Waals surface area contributed by atoms with Crippen molar-refractivity contribution in [3.05, 3.63) is 64.6 Å². The number of aromatic nitrogens is 1. The van der Waals surface area contributed by atoms with Gasteiger partial charge < -0.3 is 5.73 Å². The zero-order valence-corrected chi connectivity index (χ0v) is 8.46. The first-order chi connectivity index (χ1) is 7.68. The van der Waals surface area contributed by atoms with E-state index in [2.05, 4.69) is 0 Å². The quantitative estimate of drug-likeness (QED) is 0.808. The third-order valence-corrected chi connectivity index (χ3v) is 2.23. The lowest BCUT2D eigenvalue weighted by molar-refractivity contribution is 0.100. The molecule has 0 saturated carbocycles. The van der Waals surface area contributed by atoms with Gasteiger partial charge in [0.1, 0.15) is 0 Å². The van der Waals surface area contributed by atoms with E-state index in [1.54, 1.807) is 42.6 Å². The second-order valence-electron chi connectivity index (χ2n) is 3.32. The lowest BCUT2D eigenvalue weighted by atomic mass is 10.2. The van der Waals surface area contributed by atoms with Crippen molar-refractivity contribution in [1.82, 2.24) is 4.57 Å². The number of hydrogen-bond acceptors (Lipinski definition) is 2. The normalized spacial score (nSPS) is 10.0. The maximum Gasteiger partial charge on any atom is 0.255 e. The van der Waals surface area contributed by atoms with Gasteiger partial charge in [0.25, 0.3) is 5.56 Å². The average Bonchev–Trinajstić information content (AvgIpc) is 2.30. The Labute approximate surface area is 91.9 Å². The molecule has 0 unspecified atom stereocenters. The molecular formula is C12H10N2O2. The Balaban J connectivity index is 2.57. The zero-order valence-electron chi connectivity index (χ0n) is 8.46. The lowest BCUT2D eigenvalue weighted by Gasteiger charge is -2.05. The number of rotatable bonds is 2. The van der Waals surface area contributed by atoms with Crippen LogP contribution in [-0.2, 0) is 0 Å². The number of carbonyl (C=O) groups is 1. The van der Waals surface area contributed by atoms with Crippen LogP contribution in [-0.4, -0.2) is 10.5 Å². The van der Waals surface area contributed by atoms with Crippen LogP contribution in [0.1, 0.15) is 10.4 Å². The largest absolute Gasteiger partial charge is 0.366 e. The van der Waals surface area contributed by atoms with E-state index in [1.165, 1.54) is 10.6 Å². The van der Waals surface area contributed by atoms with Crippen LogP contribution in [0.3, 0.4) is 0 Å². The van der Waals surface area contributed by atoms with Gasteiger partial charge in [-0.3, -0.25) is 14.2 Å². The summed E-state index contributed by atoms with van der Waals surface area (Å²) in [5, 5.41) is 0. The van der Waals surface area contributed by atoms with E-state index in [9.17, 15) is 9.59 Å². The van der Waals surface area contributed by atoms with E-state index in [4.69, 9.17) is 5.73 Å². The fourth-order valence-corrected chi connectivity index (χ4v) is 1.45. The zero-order chi connectivity index (χ0) is 11.5. The smallest absolute Gasteiger partial charge is 0.255 e. The van der Waals surface area contributed by atoms with Gasteiger partial charge in [0.2, 0.25) is 5.91 Å². The molecule has 0 aliphatic carbocycles. The van der Waals surface area contributed by atoms with Crippen molar-refractivity contribution >= 4 is 5.91 Å². The first kappa shape index (κ1) is 10.2. The summed E-state index contributed by atoms with van der Waals surface area (Å²) in [5.74, 6) is -0.508. The number of primary amides is 1. The minimum Gasteiger partial charge on any atom is -0.366 e. The highest BCUT2D eigenvalue weighted by atomic mass is 16.1. The molecule has 0 saturated heterocycles. The number of nitrogens with zero attached hydrogens (tertiary/aromatic N) is 1. The van der Waals surface area contributed by atoms with Crippen molar-refractivity contribution in [2.45, 2.75) is 0 Å². The molecule has 0 aliphatic heterocycles. The molecule has 0 aliphatic rings. The SMILES string of the molecule is NC(=O)c1cccc(-n2ccccc2=O)c1. The Morgan fingerprint density at radius 1 is 1.12 bits per heavy atom. The van der Waals surface area contributed by atoms with E-state index >= 15 is 0 Å². The first-order valence-corrected chi connectivity index (χ1v) is 4.76. The second-order valence-corrected chi connectivity index (χ2v) is 3.32. The number of amides is 1. The van der Waals surface area contributed by atoms with E-state index in [0.717, 1.165) is 0 Å². The topological polar surface area (TPSA) is 65.1 Å². The van der Waals surface area contributed by atoms with Crippen molar-refractivity contribution in [3.63, 3.8) is 0 Å². The predicted octanol–water partition coefficient (Wildman–Crippen LogP) is 0.936. The van der Waals surface area contributed by atoms with Crippen molar-refractivity contribution in [1.29, 1.82) is 0 Å². The molecule has 80 valence electrons. The molecule has 2 aromatic rings. The van der Waals surface area contributed by atoms with Crippen molar-refractivity contribution in [2.75, 3.05) is 0 Å². The van der Waals surface area contributed by atoms with Gasteiger partial charge in [-0.15, -0.1) is 0 Å². The van der Waals surface area contributed by atoms with Gasteiger partial charge in [0.15, 0.2) is 0 Å². The van der Waals surface area contributed by atoms with Crippen LogP contribution in [0, 0.1) is 0 Å². The van der Waals surface area contributed by atoms with Gasteiger partial charge in [0.05, 0.1) is 0 Å². The van der Waals surface area contributed by atoms with Gasteiger partial charge in [-0.2, -0.15) is 0 Å². The van der Waals surface area contributed by atoms with Crippen LogP contribution in [0.15, 0.2) is 53.5 Å². The fourth-order valence-electron chi connectivity index (χ4n) is 1.45. The first-order valence-electron chi connectivity index (χ1n) is 4.76. The summed E-state index contributed by atoms with van der Waals surface area (Å²) in [6.45, 7) is 0. The number of pyridine rings is 1. The Hall–Kier alpha value is -2.36. The predicted molar refractivity (Wildman–Crippen MR) is 60.6 cm³/mol. The Bertz CT molecular complexity index is 587. The Morgan fingerprint density at radius 3 is 2.62 bits per heavy atom. The highest BCUT2D eigenvalue weighted by molar-refractivity contribution is 5.93. The van der Waals surface area contributed by atoms with E-state index in [0.29, 0.717) is 11.3 Å². The van der Waals surface area contributed by atoms with Crippen molar-refractivity contribution in [3.8, 4) is 5.69 Å². The molecule has 2 N–H and O–H groups in total. The molecule has 4 nitrogen and oxygen atoms in total. The monoisotopic (exact) mass is 214 g/mol. The van der Waals surface area contributed by atoms with Crippen LogP contribution in [0.5, 0.6) is 0 Å². The molecule has 2 rings (SSSR count). The molecule has 0 atom stereocenters. The van der Waals surface area contributed by atoms with Gasteiger partial charge in [-0.1, -0.05) is 12.1 Å². The lowest BCUT2D eigenvalue weighted by Crippen LogP contribution is -2.17.